The van der Waals surface area contributed by atoms with Crippen molar-refractivity contribution in [2.24, 2.45) is 0 Å². The van der Waals surface area contributed by atoms with Crippen LogP contribution in [0.2, 0.25) is 0 Å². The molecule has 0 aliphatic carbocycles. The second-order valence-corrected chi connectivity index (χ2v) is 3.87. The molecule has 1 rings (SSSR count). The smallest absolute Gasteiger partial charge is 0.303 e. The molecule has 0 bridgehead atoms. The third-order valence-corrected chi connectivity index (χ3v) is 2.68. The lowest BCUT2D eigenvalue weighted by molar-refractivity contribution is -0.137. The van der Waals surface area contributed by atoms with Crippen LogP contribution < -0.4 is 0 Å². The summed E-state index contributed by atoms with van der Waals surface area (Å²) in [7, 11) is 0. The zero-order valence-electron chi connectivity index (χ0n) is 7.77. The molecule has 0 saturated carbocycles. The van der Waals surface area contributed by atoms with E-state index >= 15 is 0 Å². The highest BCUT2D eigenvalue weighted by Gasteiger charge is 2.11. The molecule has 0 heterocycles. The summed E-state index contributed by atoms with van der Waals surface area (Å²) in [4.78, 5) is 10.2. The van der Waals surface area contributed by atoms with E-state index in [0.717, 1.165) is 6.07 Å². The maximum atomic E-state index is 13.4. The Balaban J connectivity index is 2.70. The first-order valence-electron chi connectivity index (χ1n) is 4.36. The highest BCUT2D eigenvalue weighted by atomic mass is 79.9. The minimum atomic E-state index is -0.920. The van der Waals surface area contributed by atoms with Gasteiger partial charge in [0.2, 0.25) is 0 Å². The predicted molar refractivity (Wildman–Crippen MR) is 54.6 cm³/mol. The molecule has 82 valence electrons. The molecule has 2 nitrogen and oxygen atoms in total. The molecule has 0 amide bonds. The van der Waals surface area contributed by atoms with Gasteiger partial charge in [-0.3, -0.25) is 4.79 Å². The molecular formula is C10H9BrF2O2. The van der Waals surface area contributed by atoms with Gasteiger partial charge in [0.15, 0.2) is 0 Å². The Morgan fingerprint density at radius 3 is 2.67 bits per heavy atom. The third-order valence-electron chi connectivity index (χ3n) is 1.95. The highest BCUT2D eigenvalue weighted by Crippen LogP contribution is 2.23. The second kappa shape index (κ2) is 5.21. The lowest BCUT2D eigenvalue weighted by Crippen LogP contribution is -1.98. The SMILES string of the molecule is O=C(O)CCCc1ccc(F)c(Br)c1F. The minimum Gasteiger partial charge on any atom is -0.481 e. The zero-order valence-corrected chi connectivity index (χ0v) is 9.35. The van der Waals surface area contributed by atoms with Crippen LogP contribution in [-0.2, 0) is 11.2 Å². The molecular weight excluding hydrogens is 270 g/mol. The molecule has 0 spiro atoms. The maximum Gasteiger partial charge on any atom is 0.303 e. The monoisotopic (exact) mass is 278 g/mol. The van der Waals surface area contributed by atoms with Crippen molar-refractivity contribution in [1.82, 2.24) is 0 Å². The van der Waals surface area contributed by atoms with Gasteiger partial charge in [-0.15, -0.1) is 0 Å². The second-order valence-electron chi connectivity index (χ2n) is 3.08. The Labute approximate surface area is 94.0 Å². The Kier molecular flexibility index (Phi) is 4.20. The fraction of sp³-hybridized carbons (Fsp3) is 0.300. The van der Waals surface area contributed by atoms with Gasteiger partial charge in [0.25, 0.3) is 0 Å². The average molecular weight is 279 g/mol. The number of carboxylic acid groups (broad SMARTS) is 1. The number of hydrogen-bond acceptors (Lipinski definition) is 1. The number of aliphatic carboxylic acids is 1. The Hall–Kier alpha value is -0.970. The molecule has 1 aromatic carbocycles. The van der Waals surface area contributed by atoms with Crippen LogP contribution in [0.5, 0.6) is 0 Å². The molecule has 0 aliphatic rings. The van der Waals surface area contributed by atoms with Crippen molar-refractivity contribution in [2.75, 3.05) is 0 Å². The highest BCUT2D eigenvalue weighted by molar-refractivity contribution is 9.10. The molecule has 0 unspecified atom stereocenters. The minimum absolute atomic E-state index is 0.0194. The average Bonchev–Trinajstić information content (AvgIpc) is 2.18. The quantitative estimate of drug-likeness (QED) is 0.860. The summed E-state index contributed by atoms with van der Waals surface area (Å²) < 4.78 is 26.0. The lowest BCUT2D eigenvalue weighted by Gasteiger charge is -2.04. The van der Waals surface area contributed by atoms with Gasteiger partial charge in [0.1, 0.15) is 11.6 Å². The molecule has 0 aromatic heterocycles. The van der Waals surface area contributed by atoms with Crippen LogP contribution in [0.1, 0.15) is 18.4 Å². The largest absolute Gasteiger partial charge is 0.481 e. The van der Waals surface area contributed by atoms with Gasteiger partial charge in [-0.25, -0.2) is 8.78 Å². The van der Waals surface area contributed by atoms with Gasteiger partial charge in [0.05, 0.1) is 4.47 Å². The number of carbonyl (C=O) groups is 1. The first-order chi connectivity index (χ1) is 7.02. The Morgan fingerprint density at radius 1 is 1.40 bits per heavy atom. The molecule has 1 aromatic rings. The van der Waals surface area contributed by atoms with E-state index in [1.807, 2.05) is 0 Å². The third kappa shape index (κ3) is 3.27. The van der Waals surface area contributed by atoms with E-state index in [0.29, 0.717) is 12.0 Å². The number of hydrogen-bond donors (Lipinski definition) is 1. The van der Waals surface area contributed by atoms with E-state index in [1.165, 1.54) is 6.07 Å². The van der Waals surface area contributed by atoms with Gasteiger partial charge in [-0.1, -0.05) is 6.07 Å². The summed E-state index contributed by atoms with van der Waals surface area (Å²) in [6.45, 7) is 0. The van der Waals surface area contributed by atoms with Gasteiger partial charge in [0, 0.05) is 6.42 Å². The molecule has 0 atom stereocenters. The zero-order chi connectivity index (χ0) is 11.4. The summed E-state index contributed by atoms with van der Waals surface area (Å²) in [6, 6.07) is 2.49. The molecule has 0 saturated heterocycles. The van der Waals surface area contributed by atoms with Crippen LogP contribution in [0.3, 0.4) is 0 Å². The van der Waals surface area contributed by atoms with E-state index in [1.54, 1.807) is 0 Å². The van der Waals surface area contributed by atoms with E-state index < -0.39 is 17.6 Å². The fourth-order valence-corrected chi connectivity index (χ4v) is 1.58. The topological polar surface area (TPSA) is 37.3 Å². The summed E-state index contributed by atoms with van der Waals surface area (Å²) in [6.07, 6.45) is 0.607. The van der Waals surface area contributed by atoms with Gasteiger partial charge in [-0.05, 0) is 40.4 Å². The van der Waals surface area contributed by atoms with Gasteiger partial charge >= 0.3 is 5.97 Å². The summed E-state index contributed by atoms with van der Waals surface area (Å²) in [5, 5.41) is 8.40. The van der Waals surface area contributed by atoms with Crippen molar-refractivity contribution in [3.8, 4) is 0 Å². The lowest BCUT2D eigenvalue weighted by atomic mass is 10.1. The first-order valence-corrected chi connectivity index (χ1v) is 5.16. The van der Waals surface area contributed by atoms with Gasteiger partial charge in [-0.2, -0.15) is 0 Å². The van der Waals surface area contributed by atoms with Crippen LogP contribution in [0, 0.1) is 11.6 Å². The summed E-state index contributed by atoms with van der Waals surface area (Å²) in [5.74, 6) is -2.23. The maximum absolute atomic E-state index is 13.4. The van der Waals surface area contributed by atoms with Crippen molar-refractivity contribution in [1.29, 1.82) is 0 Å². The summed E-state index contributed by atoms with van der Waals surface area (Å²) >= 11 is 2.78. The van der Waals surface area contributed by atoms with Crippen molar-refractivity contribution in [3.05, 3.63) is 33.8 Å². The Morgan fingerprint density at radius 2 is 2.07 bits per heavy atom. The molecule has 15 heavy (non-hydrogen) atoms. The molecule has 0 radical (unpaired) electrons. The van der Waals surface area contributed by atoms with Crippen molar-refractivity contribution in [2.45, 2.75) is 19.3 Å². The van der Waals surface area contributed by atoms with Crippen LogP contribution in [0.25, 0.3) is 0 Å². The van der Waals surface area contributed by atoms with Crippen LogP contribution in [-0.4, -0.2) is 11.1 Å². The number of rotatable bonds is 4. The number of benzene rings is 1. The van der Waals surface area contributed by atoms with Crippen molar-refractivity contribution in [3.63, 3.8) is 0 Å². The van der Waals surface area contributed by atoms with Crippen LogP contribution in [0.4, 0.5) is 8.78 Å². The molecule has 0 fully saturated rings. The number of carboxylic acids is 1. The first kappa shape index (κ1) is 12.1. The van der Waals surface area contributed by atoms with E-state index in [2.05, 4.69) is 15.9 Å². The van der Waals surface area contributed by atoms with Crippen molar-refractivity contribution >= 4 is 21.9 Å². The van der Waals surface area contributed by atoms with Crippen molar-refractivity contribution < 1.29 is 18.7 Å². The van der Waals surface area contributed by atoms with E-state index in [9.17, 15) is 13.6 Å². The molecule has 0 aliphatic heterocycles. The number of halogens is 3. The molecule has 5 heteroatoms. The van der Waals surface area contributed by atoms with Crippen LogP contribution >= 0.6 is 15.9 Å². The summed E-state index contributed by atoms with van der Waals surface area (Å²) in [5.41, 5.74) is 0.324. The van der Waals surface area contributed by atoms with Crippen LogP contribution in [0.15, 0.2) is 16.6 Å². The van der Waals surface area contributed by atoms with E-state index in [-0.39, 0.29) is 17.3 Å². The Bertz CT molecular complexity index is 380. The van der Waals surface area contributed by atoms with Gasteiger partial charge < -0.3 is 5.11 Å². The molecule has 1 N–H and O–H groups in total. The fourth-order valence-electron chi connectivity index (χ4n) is 1.19. The normalized spacial score (nSPS) is 10.3. The standard InChI is InChI=1S/C10H9BrF2O2/c11-9-7(12)5-4-6(10(9)13)2-1-3-8(14)15/h4-5H,1-3H2,(H,14,15). The van der Waals surface area contributed by atoms with E-state index in [4.69, 9.17) is 5.11 Å². The number of aryl methyl sites for hydroxylation is 1. The predicted octanol–water partition coefficient (Wildman–Crippen LogP) is 3.13.